The van der Waals surface area contributed by atoms with Crippen LogP contribution in [0, 0.1) is 5.41 Å². The summed E-state index contributed by atoms with van der Waals surface area (Å²) in [5, 5.41) is 18.7. The van der Waals surface area contributed by atoms with Crippen LogP contribution in [0.5, 0.6) is 0 Å². The van der Waals surface area contributed by atoms with Gasteiger partial charge in [-0.25, -0.2) is 4.68 Å². The number of aliphatic hydroxyl groups is 1. The Morgan fingerprint density at radius 2 is 1.87 bits per heavy atom. The fourth-order valence-electron chi connectivity index (χ4n) is 3.69. The Labute approximate surface area is 179 Å². The summed E-state index contributed by atoms with van der Waals surface area (Å²) in [5.41, 5.74) is 0.661. The second-order valence-electron chi connectivity index (χ2n) is 8.60. The van der Waals surface area contributed by atoms with Crippen LogP contribution >= 0.6 is 11.6 Å². The van der Waals surface area contributed by atoms with E-state index in [1.807, 2.05) is 30.3 Å². The van der Waals surface area contributed by atoms with Gasteiger partial charge < -0.3 is 20.1 Å². The van der Waals surface area contributed by atoms with Gasteiger partial charge in [0.2, 0.25) is 0 Å². The topological polar surface area (TPSA) is 88.3 Å². The van der Waals surface area contributed by atoms with Gasteiger partial charge in [0.15, 0.2) is 0 Å². The largest absolute Gasteiger partial charge is 0.384 e. The zero-order valence-electron chi connectivity index (χ0n) is 16.8. The smallest absolute Gasteiger partial charge is 0.254 e. The van der Waals surface area contributed by atoms with Gasteiger partial charge in [0.1, 0.15) is 17.2 Å². The van der Waals surface area contributed by atoms with E-state index < -0.39 is 5.60 Å². The lowest BCUT2D eigenvalue weighted by Gasteiger charge is -2.55. The van der Waals surface area contributed by atoms with Gasteiger partial charge in [0.25, 0.3) is 5.95 Å². The highest BCUT2D eigenvalue weighted by Crippen LogP contribution is 2.40. The van der Waals surface area contributed by atoms with E-state index in [0.29, 0.717) is 22.5 Å². The molecule has 3 aromatic rings. The van der Waals surface area contributed by atoms with Crippen LogP contribution in [0.1, 0.15) is 19.5 Å². The van der Waals surface area contributed by atoms with E-state index in [2.05, 4.69) is 20.3 Å². The molecule has 9 heteroatoms. The third-order valence-corrected chi connectivity index (χ3v) is 5.68. The van der Waals surface area contributed by atoms with Gasteiger partial charge in [-0.15, -0.1) is 0 Å². The van der Waals surface area contributed by atoms with Crippen LogP contribution in [-0.4, -0.2) is 51.2 Å². The first kappa shape index (κ1) is 19.3. The molecule has 156 valence electrons. The summed E-state index contributed by atoms with van der Waals surface area (Å²) >= 11 is 6.00. The molecule has 1 aromatic carbocycles. The highest BCUT2D eigenvalue weighted by molar-refractivity contribution is 6.30. The zero-order chi connectivity index (χ0) is 20.9. The van der Waals surface area contributed by atoms with Gasteiger partial charge in [-0.1, -0.05) is 11.6 Å². The summed E-state index contributed by atoms with van der Waals surface area (Å²) < 4.78 is 6.97. The summed E-state index contributed by atoms with van der Waals surface area (Å²) in [5.74, 6) is 1.92. The molecular weight excluding hydrogens is 404 g/mol. The number of anilines is 3. The number of nitrogens with one attached hydrogen (secondary N) is 1. The van der Waals surface area contributed by atoms with Gasteiger partial charge in [-0.3, -0.25) is 0 Å². The highest BCUT2D eigenvalue weighted by atomic mass is 35.5. The number of hydrogen-bond donors (Lipinski definition) is 2. The van der Waals surface area contributed by atoms with E-state index in [1.165, 1.54) is 0 Å². The number of nitrogens with zero attached hydrogens (tertiary/aromatic N) is 5. The van der Waals surface area contributed by atoms with Crippen LogP contribution in [0.3, 0.4) is 0 Å². The maximum Gasteiger partial charge on any atom is 0.254 e. The van der Waals surface area contributed by atoms with Crippen molar-refractivity contribution in [2.24, 2.45) is 5.41 Å². The summed E-state index contributed by atoms with van der Waals surface area (Å²) in [6.07, 6.45) is 1.76. The van der Waals surface area contributed by atoms with E-state index in [-0.39, 0.29) is 5.41 Å². The third-order valence-electron chi connectivity index (χ3n) is 5.43. The molecule has 0 unspecified atom stereocenters. The van der Waals surface area contributed by atoms with Gasteiger partial charge in [0, 0.05) is 36.1 Å². The fraction of sp³-hybridized carbons (Fsp3) is 0.381. The minimum atomic E-state index is -1.04. The highest BCUT2D eigenvalue weighted by Gasteiger charge is 2.49. The molecule has 0 amide bonds. The van der Waals surface area contributed by atoms with Crippen molar-refractivity contribution < 1.29 is 9.84 Å². The second kappa shape index (κ2) is 6.94. The van der Waals surface area contributed by atoms with Crippen LogP contribution in [0.15, 0.2) is 42.6 Å². The predicted octanol–water partition coefficient (Wildman–Crippen LogP) is 3.12. The van der Waals surface area contributed by atoms with Crippen molar-refractivity contribution in [3.05, 3.63) is 53.3 Å². The van der Waals surface area contributed by atoms with Crippen molar-refractivity contribution in [2.45, 2.75) is 19.4 Å². The first-order valence-electron chi connectivity index (χ1n) is 9.83. The van der Waals surface area contributed by atoms with Crippen LogP contribution in [0.25, 0.3) is 5.95 Å². The SMILES string of the molecule is CC(C)(O)c1ccn(-c2nc(Nc3ccc(Cl)cc3)cc(N3CC4(COC4)C3)n2)n1. The predicted molar refractivity (Wildman–Crippen MR) is 115 cm³/mol. The van der Waals surface area contributed by atoms with E-state index in [0.717, 1.165) is 37.8 Å². The van der Waals surface area contributed by atoms with E-state index >= 15 is 0 Å². The molecule has 0 atom stereocenters. The Morgan fingerprint density at radius 1 is 1.13 bits per heavy atom. The summed E-state index contributed by atoms with van der Waals surface area (Å²) in [7, 11) is 0. The molecule has 0 bridgehead atoms. The van der Waals surface area contributed by atoms with E-state index in [1.54, 1.807) is 30.8 Å². The van der Waals surface area contributed by atoms with Crippen molar-refractivity contribution in [3.8, 4) is 5.95 Å². The average molecular weight is 427 g/mol. The van der Waals surface area contributed by atoms with Crippen molar-refractivity contribution in [3.63, 3.8) is 0 Å². The lowest BCUT2D eigenvalue weighted by atomic mass is 9.78. The lowest BCUT2D eigenvalue weighted by Crippen LogP contribution is -2.66. The Balaban J connectivity index is 1.48. The first-order valence-corrected chi connectivity index (χ1v) is 10.2. The number of ether oxygens (including phenoxy) is 1. The van der Waals surface area contributed by atoms with E-state index in [9.17, 15) is 5.11 Å². The first-order chi connectivity index (χ1) is 14.3. The molecule has 0 radical (unpaired) electrons. The Morgan fingerprint density at radius 3 is 2.47 bits per heavy atom. The number of rotatable bonds is 5. The summed E-state index contributed by atoms with van der Waals surface area (Å²) in [6, 6.07) is 11.2. The number of halogens is 1. The number of benzene rings is 1. The minimum Gasteiger partial charge on any atom is -0.384 e. The molecular formula is C21H23ClN6O2. The number of aromatic nitrogens is 4. The summed E-state index contributed by atoms with van der Waals surface area (Å²) in [4.78, 5) is 11.6. The molecule has 0 saturated carbocycles. The minimum absolute atomic E-state index is 0.272. The molecule has 2 fully saturated rings. The van der Waals surface area contributed by atoms with Gasteiger partial charge in [-0.05, 0) is 44.2 Å². The molecule has 2 N–H and O–H groups in total. The Hall–Kier alpha value is -2.68. The van der Waals surface area contributed by atoms with Crippen LogP contribution in [0.2, 0.25) is 5.02 Å². The molecule has 30 heavy (non-hydrogen) atoms. The third kappa shape index (κ3) is 3.62. The standard InChI is InChI=1S/C21H23ClN6O2/c1-20(2,29)16-7-8-28(26-16)19-24-17(23-15-5-3-14(22)4-6-15)9-18(25-19)27-10-21(11-27)12-30-13-21/h3-9,29H,10-13H2,1-2H3,(H,23,24,25). The van der Waals surface area contributed by atoms with Crippen LogP contribution < -0.4 is 10.2 Å². The Bertz CT molecular complexity index is 1060. The van der Waals surface area contributed by atoms with Gasteiger partial charge >= 0.3 is 0 Å². The fourth-order valence-corrected chi connectivity index (χ4v) is 3.82. The van der Waals surface area contributed by atoms with Crippen molar-refractivity contribution >= 4 is 28.9 Å². The normalized spacial score (nSPS) is 17.5. The average Bonchev–Trinajstić information content (AvgIpc) is 3.12. The molecule has 2 aliphatic rings. The summed E-state index contributed by atoms with van der Waals surface area (Å²) in [6.45, 7) is 6.85. The molecule has 0 aliphatic carbocycles. The zero-order valence-corrected chi connectivity index (χ0v) is 17.6. The molecule has 2 aliphatic heterocycles. The van der Waals surface area contributed by atoms with Crippen LogP contribution in [-0.2, 0) is 10.3 Å². The lowest BCUT2D eigenvalue weighted by molar-refractivity contribution is -0.127. The quantitative estimate of drug-likeness (QED) is 0.648. The van der Waals surface area contributed by atoms with Crippen LogP contribution in [0.4, 0.5) is 17.3 Å². The van der Waals surface area contributed by atoms with Gasteiger partial charge in [-0.2, -0.15) is 15.1 Å². The maximum absolute atomic E-state index is 10.2. The molecule has 8 nitrogen and oxygen atoms in total. The van der Waals surface area contributed by atoms with E-state index in [4.69, 9.17) is 21.3 Å². The maximum atomic E-state index is 10.2. The molecule has 5 rings (SSSR count). The number of hydrogen-bond acceptors (Lipinski definition) is 7. The Kier molecular flexibility index (Phi) is 4.46. The molecule has 2 saturated heterocycles. The van der Waals surface area contributed by atoms with Crippen molar-refractivity contribution in [1.29, 1.82) is 0 Å². The molecule has 2 aromatic heterocycles. The van der Waals surface area contributed by atoms with Crippen molar-refractivity contribution in [1.82, 2.24) is 19.7 Å². The second-order valence-corrected chi connectivity index (χ2v) is 9.03. The van der Waals surface area contributed by atoms with Gasteiger partial charge in [0.05, 0.1) is 24.3 Å². The monoisotopic (exact) mass is 426 g/mol. The molecule has 1 spiro atoms. The molecule has 4 heterocycles. The van der Waals surface area contributed by atoms with Crippen molar-refractivity contribution in [2.75, 3.05) is 36.5 Å².